The van der Waals surface area contributed by atoms with Crippen molar-refractivity contribution in [3.8, 4) is 11.5 Å². The van der Waals surface area contributed by atoms with Crippen LogP contribution in [0.5, 0.6) is 11.5 Å². The van der Waals surface area contributed by atoms with Gasteiger partial charge in [0.1, 0.15) is 4.32 Å². The van der Waals surface area contributed by atoms with Crippen LogP contribution >= 0.6 is 24.0 Å². The first kappa shape index (κ1) is 16.3. The molecule has 22 heavy (non-hydrogen) atoms. The van der Waals surface area contributed by atoms with Crippen molar-refractivity contribution in [2.45, 2.75) is 6.92 Å². The van der Waals surface area contributed by atoms with Crippen LogP contribution in [0.4, 0.5) is 0 Å². The number of amides is 1. The summed E-state index contributed by atoms with van der Waals surface area (Å²) in [6.45, 7) is 1.71. The van der Waals surface area contributed by atoms with Gasteiger partial charge in [-0.3, -0.25) is 4.79 Å². The highest BCUT2D eigenvalue weighted by Crippen LogP contribution is 2.35. The van der Waals surface area contributed by atoms with Gasteiger partial charge in [0.25, 0.3) is 5.91 Å². The molecule has 1 heterocycles. The van der Waals surface area contributed by atoms with Gasteiger partial charge in [-0.15, -0.1) is 0 Å². The number of nitrogens with one attached hydrogen (secondary N) is 1. The number of carbonyl (C=O) groups is 2. The molecule has 6 nitrogen and oxygen atoms in total. The molecular formula is C14H13NO5S2. The lowest BCUT2D eigenvalue weighted by Crippen LogP contribution is -2.17. The van der Waals surface area contributed by atoms with E-state index in [1.165, 1.54) is 0 Å². The molecular weight excluding hydrogens is 326 g/mol. The van der Waals surface area contributed by atoms with Gasteiger partial charge in [-0.05, 0) is 19.1 Å². The number of carbonyl (C=O) groups excluding carboxylic acids is 1. The maximum absolute atomic E-state index is 11.7. The van der Waals surface area contributed by atoms with E-state index in [9.17, 15) is 9.59 Å². The molecule has 0 aromatic heterocycles. The fourth-order valence-electron chi connectivity index (χ4n) is 1.77. The standard InChI is InChI=1S/C14H13NO5S2/c1-2-19-9-5-3-4-8(12(9)20-7-11(16)17)6-10-13(18)15-14(21)22-10/h3-6H,2,7H2,1H3,(H,16,17)(H,15,18,21)/b10-6+. The molecule has 2 rings (SSSR count). The molecule has 1 aromatic rings. The van der Waals surface area contributed by atoms with Crippen LogP contribution in [0.25, 0.3) is 6.08 Å². The van der Waals surface area contributed by atoms with Crippen molar-refractivity contribution >= 4 is 46.3 Å². The van der Waals surface area contributed by atoms with Crippen molar-refractivity contribution in [3.05, 3.63) is 28.7 Å². The molecule has 1 aromatic carbocycles. The van der Waals surface area contributed by atoms with Crippen molar-refractivity contribution in [2.24, 2.45) is 0 Å². The first-order valence-electron chi connectivity index (χ1n) is 6.36. The number of hydrogen-bond donors (Lipinski definition) is 2. The van der Waals surface area contributed by atoms with Gasteiger partial charge in [-0.25, -0.2) is 4.79 Å². The van der Waals surface area contributed by atoms with Crippen molar-refractivity contribution in [3.63, 3.8) is 0 Å². The van der Waals surface area contributed by atoms with Gasteiger partial charge in [-0.1, -0.05) is 36.1 Å². The Bertz CT molecular complexity index is 657. The van der Waals surface area contributed by atoms with Gasteiger partial charge in [0.15, 0.2) is 18.1 Å². The molecule has 0 unspecified atom stereocenters. The Kier molecular flexibility index (Phi) is 5.40. The monoisotopic (exact) mass is 339 g/mol. The highest BCUT2D eigenvalue weighted by atomic mass is 32.2. The number of benzene rings is 1. The topological polar surface area (TPSA) is 84.9 Å². The molecule has 116 valence electrons. The Morgan fingerprint density at radius 1 is 1.45 bits per heavy atom. The highest BCUT2D eigenvalue weighted by Gasteiger charge is 2.23. The van der Waals surface area contributed by atoms with E-state index in [0.717, 1.165) is 11.8 Å². The molecule has 1 saturated heterocycles. The number of ether oxygens (including phenoxy) is 2. The predicted molar refractivity (Wildman–Crippen MR) is 87.1 cm³/mol. The maximum Gasteiger partial charge on any atom is 0.341 e. The lowest BCUT2D eigenvalue weighted by Gasteiger charge is -2.13. The van der Waals surface area contributed by atoms with Gasteiger partial charge in [0.2, 0.25) is 0 Å². The molecule has 8 heteroatoms. The second-order valence-electron chi connectivity index (χ2n) is 4.14. The van der Waals surface area contributed by atoms with Crippen LogP contribution in [-0.4, -0.2) is 34.5 Å². The Morgan fingerprint density at radius 2 is 2.23 bits per heavy atom. The number of thiocarbonyl (C=S) groups is 1. The summed E-state index contributed by atoms with van der Waals surface area (Å²) in [5.74, 6) is -0.686. The summed E-state index contributed by atoms with van der Waals surface area (Å²) in [4.78, 5) is 22.9. The molecule has 0 saturated carbocycles. The van der Waals surface area contributed by atoms with Crippen LogP contribution in [0.1, 0.15) is 12.5 Å². The SMILES string of the molecule is CCOc1cccc(/C=C2/SC(=S)NC2=O)c1OCC(=O)O. The second kappa shape index (κ2) is 7.28. The van der Waals surface area contributed by atoms with E-state index in [4.69, 9.17) is 26.8 Å². The van der Waals surface area contributed by atoms with E-state index >= 15 is 0 Å². The van der Waals surface area contributed by atoms with E-state index < -0.39 is 12.6 Å². The van der Waals surface area contributed by atoms with Gasteiger partial charge in [-0.2, -0.15) is 0 Å². The van der Waals surface area contributed by atoms with Crippen molar-refractivity contribution in [2.75, 3.05) is 13.2 Å². The van der Waals surface area contributed by atoms with Crippen molar-refractivity contribution in [1.29, 1.82) is 0 Å². The largest absolute Gasteiger partial charge is 0.490 e. The summed E-state index contributed by atoms with van der Waals surface area (Å²) in [6.07, 6.45) is 1.60. The number of carboxylic acids is 1. The minimum atomic E-state index is -1.10. The number of hydrogen-bond acceptors (Lipinski definition) is 6. The summed E-state index contributed by atoms with van der Waals surface area (Å²) >= 11 is 6.07. The summed E-state index contributed by atoms with van der Waals surface area (Å²) in [5.41, 5.74) is 0.551. The number of para-hydroxylation sites is 1. The average molecular weight is 339 g/mol. The molecule has 1 aliphatic rings. The predicted octanol–water partition coefficient (Wildman–Crippen LogP) is 2.04. The third kappa shape index (κ3) is 3.99. The molecule has 0 bridgehead atoms. The molecule has 1 aliphatic heterocycles. The minimum absolute atomic E-state index is 0.283. The van der Waals surface area contributed by atoms with E-state index in [2.05, 4.69) is 5.32 Å². The van der Waals surface area contributed by atoms with E-state index in [1.807, 2.05) is 6.92 Å². The number of carboxylic acid groups (broad SMARTS) is 1. The van der Waals surface area contributed by atoms with Crippen LogP contribution in [0, 0.1) is 0 Å². The third-order valence-electron chi connectivity index (χ3n) is 2.58. The Morgan fingerprint density at radius 3 is 2.82 bits per heavy atom. The van der Waals surface area contributed by atoms with Gasteiger partial charge < -0.3 is 19.9 Å². The van der Waals surface area contributed by atoms with Gasteiger partial charge in [0.05, 0.1) is 11.5 Å². The van der Waals surface area contributed by atoms with Crippen LogP contribution in [0.2, 0.25) is 0 Å². The smallest absolute Gasteiger partial charge is 0.341 e. The molecule has 0 aliphatic carbocycles. The maximum atomic E-state index is 11.7. The third-order valence-corrected chi connectivity index (χ3v) is 3.74. The Labute approximate surface area is 136 Å². The van der Waals surface area contributed by atoms with Crippen molar-refractivity contribution < 1.29 is 24.2 Å². The zero-order valence-electron chi connectivity index (χ0n) is 11.6. The quantitative estimate of drug-likeness (QED) is 0.606. The fraction of sp³-hybridized carbons (Fsp3) is 0.214. The lowest BCUT2D eigenvalue weighted by atomic mass is 10.1. The normalized spacial score (nSPS) is 15.8. The zero-order valence-corrected chi connectivity index (χ0v) is 13.3. The Balaban J connectivity index is 2.38. The van der Waals surface area contributed by atoms with Gasteiger partial charge in [0, 0.05) is 5.56 Å². The van der Waals surface area contributed by atoms with Crippen LogP contribution in [-0.2, 0) is 9.59 Å². The first-order valence-corrected chi connectivity index (χ1v) is 7.59. The molecule has 0 spiro atoms. The van der Waals surface area contributed by atoms with E-state index in [-0.39, 0.29) is 11.7 Å². The average Bonchev–Trinajstić information content (AvgIpc) is 2.76. The molecule has 1 amide bonds. The minimum Gasteiger partial charge on any atom is -0.490 e. The zero-order chi connectivity index (χ0) is 16.1. The van der Waals surface area contributed by atoms with E-state index in [0.29, 0.717) is 27.1 Å². The first-order chi connectivity index (χ1) is 10.5. The molecule has 0 atom stereocenters. The summed E-state index contributed by atoms with van der Waals surface area (Å²) < 4.78 is 11.1. The van der Waals surface area contributed by atoms with Crippen LogP contribution < -0.4 is 14.8 Å². The Hall–Kier alpha value is -2.06. The van der Waals surface area contributed by atoms with Crippen LogP contribution in [0.15, 0.2) is 23.1 Å². The van der Waals surface area contributed by atoms with Crippen molar-refractivity contribution in [1.82, 2.24) is 5.32 Å². The molecule has 2 N–H and O–H groups in total. The van der Waals surface area contributed by atoms with Gasteiger partial charge >= 0.3 is 5.97 Å². The molecule has 1 fully saturated rings. The number of thioether (sulfide) groups is 1. The number of rotatable bonds is 6. The number of aliphatic carboxylic acids is 1. The molecule has 0 radical (unpaired) electrons. The van der Waals surface area contributed by atoms with Crippen LogP contribution in [0.3, 0.4) is 0 Å². The lowest BCUT2D eigenvalue weighted by molar-refractivity contribution is -0.139. The fourth-order valence-corrected chi connectivity index (χ4v) is 2.80. The van der Waals surface area contributed by atoms with E-state index in [1.54, 1.807) is 24.3 Å². The summed E-state index contributed by atoms with van der Waals surface area (Å²) in [6, 6.07) is 5.12. The summed E-state index contributed by atoms with van der Waals surface area (Å²) in [5, 5.41) is 11.3. The summed E-state index contributed by atoms with van der Waals surface area (Å²) in [7, 11) is 0. The highest BCUT2D eigenvalue weighted by molar-refractivity contribution is 8.26. The second-order valence-corrected chi connectivity index (χ2v) is 5.86.